The van der Waals surface area contributed by atoms with Crippen molar-refractivity contribution < 1.29 is 14.7 Å². The first-order valence-corrected chi connectivity index (χ1v) is 6.88. The van der Waals surface area contributed by atoms with Crippen LogP contribution in [-0.2, 0) is 11.3 Å². The summed E-state index contributed by atoms with van der Waals surface area (Å²) in [7, 11) is 0. The van der Waals surface area contributed by atoms with Gasteiger partial charge in [-0.2, -0.15) is 0 Å². The minimum absolute atomic E-state index is 0.165. The topological polar surface area (TPSA) is 87.5 Å². The van der Waals surface area contributed by atoms with Gasteiger partial charge >= 0.3 is 12.0 Å². The number of aliphatic carboxylic acids is 1. The monoisotopic (exact) mass is 280 g/mol. The Morgan fingerprint density at radius 1 is 1.45 bits per heavy atom. The number of hydrogen-bond acceptors (Lipinski definition) is 3. The Balaban J connectivity index is 1.67. The number of nitrogens with zero attached hydrogens (tertiary/aromatic N) is 3. The van der Waals surface area contributed by atoms with Gasteiger partial charge in [0.2, 0.25) is 0 Å². The standard InChI is InChI=1S/C13H20N4O3/c18-12(19)11-3-1-7-17(9-11)13(20)15-4-2-6-16-8-5-14-10-16/h5,8,10-11H,1-4,6-7,9H2,(H,15,20)(H,18,19). The van der Waals surface area contributed by atoms with E-state index in [-0.39, 0.29) is 6.03 Å². The maximum Gasteiger partial charge on any atom is 0.317 e. The molecule has 7 heteroatoms. The molecule has 1 aliphatic heterocycles. The van der Waals surface area contributed by atoms with E-state index in [1.807, 2.05) is 10.8 Å². The Bertz CT molecular complexity index is 446. The van der Waals surface area contributed by atoms with Gasteiger partial charge in [-0.1, -0.05) is 0 Å². The molecule has 1 aromatic heterocycles. The lowest BCUT2D eigenvalue weighted by molar-refractivity contribution is -0.143. The second-order valence-corrected chi connectivity index (χ2v) is 5.01. The average Bonchev–Trinajstić information content (AvgIpc) is 2.96. The van der Waals surface area contributed by atoms with Crippen molar-refractivity contribution in [2.24, 2.45) is 5.92 Å². The lowest BCUT2D eigenvalue weighted by Gasteiger charge is -2.30. The molecule has 0 radical (unpaired) electrons. The molecule has 1 aromatic rings. The molecule has 0 spiro atoms. The first kappa shape index (κ1) is 14.4. The largest absolute Gasteiger partial charge is 0.481 e. The molecule has 0 aromatic carbocycles. The summed E-state index contributed by atoms with van der Waals surface area (Å²) >= 11 is 0. The van der Waals surface area contributed by atoms with Crippen molar-refractivity contribution in [1.82, 2.24) is 19.8 Å². The number of carboxylic acids is 1. The number of urea groups is 1. The number of aryl methyl sites for hydroxylation is 1. The molecule has 110 valence electrons. The summed E-state index contributed by atoms with van der Waals surface area (Å²) in [5.41, 5.74) is 0. The molecule has 1 saturated heterocycles. The summed E-state index contributed by atoms with van der Waals surface area (Å²) < 4.78 is 1.95. The molecule has 7 nitrogen and oxygen atoms in total. The zero-order valence-electron chi connectivity index (χ0n) is 11.4. The molecular formula is C13H20N4O3. The van der Waals surface area contributed by atoms with E-state index in [0.717, 1.165) is 19.4 Å². The second kappa shape index (κ2) is 6.93. The molecule has 0 aliphatic carbocycles. The number of carboxylic acid groups (broad SMARTS) is 1. The number of aromatic nitrogens is 2. The highest BCUT2D eigenvalue weighted by Gasteiger charge is 2.27. The predicted molar refractivity (Wildman–Crippen MR) is 72.2 cm³/mol. The molecule has 2 amide bonds. The van der Waals surface area contributed by atoms with Crippen LogP contribution < -0.4 is 5.32 Å². The van der Waals surface area contributed by atoms with Gasteiger partial charge in [0.1, 0.15) is 0 Å². The van der Waals surface area contributed by atoms with Crippen LogP contribution in [-0.4, -0.2) is 51.2 Å². The summed E-state index contributed by atoms with van der Waals surface area (Å²) in [6, 6.07) is -0.165. The van der Waals surface area contributed by atoms with E-state index in [2.05, 4.69) is 10.3 Å². The molecule has 1 atom stereocenters. The smallest absolute Gasteiger partial charge is 0.317 e. The number of piperidine rings is 1. The van der Waals surface area contributed by atoms with Crippen LogP contribution in [0.4, 0.5) is 4.79 Å². The predicted octanol–water partition coefficient (Wildman–Crippen LogP) is 0.779. The third-order valence-electron chi connectivity index (χ3n) is 3.49. The Morgan fingerprint density at radius 3 is 3.00 bits per heavy atom. The number of imidazole rings is 1. The molecule has 0 bridgehead atoms. The van der Waals surface area contributed by atoms with E-state index in [1.54, 1.807) is 17.4 Å². The molecular weight excluding hydrogens is 260 g/mol. The molecule has 1 unspecified atom stereocenters. The van der Waals surface area contributed by atoms with Crippen LogP contribution in [0.25, 0.3) is 0 Å². The lowest BCUT2D eigenvalue weighted by atomic mass is 9.99. The van der Waals surface area contributed by atoms with E-state index >= 15 is 0 Å². The number of hydrogen-bond donors (Lipinski definition) is 2. The third kappa shape index (κ3) is 3.97. The Hall–Kier alpha value is -2.05. The molecule has 0 saturated carbocycles. The van der Waals surface area contributed by atoms with E-state index in [4.69, 9.17) is 5.11 Å². The van der Waals surface area contributed by atoms with Crippen molar-refractivity contribution in [3.05, 3.63) is 18.7 Å². The van der Waals surface area contributed by atoms with Crippen LogP contribution in [0.3, 0.4) is 0 Å². The van der Waals surface area contributed by atoms with E-state index in [0.29, 0.717) is 26.1 Å². The molecule has 2 heterocycles. The number of rotatable bonds is 5. The fraction of sp³-hybridized carbons (Fsp3) is 0.615. The number of carbonyl (C=O) groups is 2. The minimum Gasteiger partial charge on any atom is -0.481 e. The molecule has 2 rings (SSSR count). The van der Waals surface area contributed by atoms with Crippen molar-refractivity contribution in [3.8, 4) is 0 Å². The van der Waals surface area contributed by atoms with Crippen LogP contribution in [0.5, 0.6) is 0 Å². The highest BCUT2D eigenvalue weighted by Crippen LogP contribution is 2.16. The van der Waals surface area contributed by atoms with Crippen molar-refractivity contribution >= 4 is 12.0 Å². The number of carbonyl (C=O) groups excluding carboxylic acids is 1. The maximum atomic E-state index is 11.9. The summed E-state index contributed by atoms with van der Waals surface area (Å²) in [4.78, 5) is 28.4. The summed E-state index contributed by atoms with van der Waals surface area (Å²) in [6.07, 6.45) is 7.56. The Morgan fingerprint density at radius 2 is 2.30 bits per heavy atom. The fourth-order valence-corrected chi connectivity index (χ4v) is 2.35. The minimum atomic E-state index is -0.817. The van der Waals surface area contributed by atoms with Crippen LogP contribution in [0, 0.1) is 5.92 Å². The van der Waals surface area contributed by atoms with Gasteiger partial charge in [-0.3, -0.25) is 4.79 Å². The fourth-order valence-electron chi connectivity index (χ4n) is 2.35. The number of amides is 2. The summed E-state index contributed by atoms with van der Waals surface area (Å²) in [6.45, 7) is 2.32. The van der Waals surface area contributed by atoms with E-state index in [1.165, 1.54) is 0 Å². The van der Waals surface area contributed by atoms with Gasteiger partial charge in [-0.25, -0.2) is 9.78 Å². The van der Waals surface area contributed by atoms with Gasteiger partial charge in [0.25, 0.3) is 0 Å². The molecule has 1 fully saturated rings. The molecule has 2 N–H and O–H groups in total. The number of likely N-dealkylation sites (tertiary alicyclic amines) is 1. The summed E-state index contributed by atoms with van der Waals surface area (Å²) in [5.74, 6) is -1.25. The van der Waals surface area contributed by atoms with Gasteiger partial charge in [0.05, 0.1) is 12.2 Å². The molecule has 20 heavy (non-hydrogen) atoms. The van der Waals surface area contributed by atoms with Gasteiger partial charge in [-0.15, -0.1) is 0 Å². The van der Waals surface area contributed by atoms with Gasteiger partial charge in [0, 0.05) is 38.6 Å². The van der Waals surface area contributed by atoms with Gasteiger partial charge in [0.15, 0.2) is 0 Å². The Kier molecular flexibility index (Phi) is 4.97. The van der Waals surface area contributed by atoms with Crippen molar-refractivity contribution in [1.29, 1.82) is 0 Å². The average molecular weight is 280 g/mol. The Labute approximate surface area is 117 Å². The van der Waals surface area contributed by atoms with E-state index < -0.39 is 11.9 Å². The van der Waals surface area contributed by atoms with Crippen LogP contribution >= 0.6 is 0 Å². The molecule has 1 aliphatic rings. The van der Waals surface area contributed by atoms with Crippen LogP contribution in [0.15, 0.2) is 18.7 Å². The highest BCUT2D eigenvalue weighted by atomic mass is 16.4. The maximum absolute atomic E-state index is 11.9. The van der Waals surface area contributed by atoms with Crippen LogP contribution in [0.1, 0.15) is 19.3 Å². The third-order valence-corrected chi connectivity index (χ3v) is 3.49. The SMILES string of the molecule is O=C(O)C1CCCN(C(=O)NCCCn2ccnc2)C1. The van der Waals surface area contributed by atoms with Gasteiger partial charge in [-0.05, 0) is 19.3 Å². The zero-order valence-corrected chi connectivity index (χ0v) is 11.4. The number of nitrogens with one attached hydrogen (secondary N) is 1. The normalized spacial score (nSPS) is 18.8. The summed E-state index contributed by atoms with van der Waals surface area (Å²) in [5, 5.41) is 11.8. The first-order chi connectivity index (χ1) is 9.66. The zero-order chi connectivity index (χ0) is 14.4. The van der Waals surface area contributed by atoms with E-state index in [9.17, 15) is 9.59 Å². The quantitative estimate of drug-likeness (QED) is 0.780. The van der Waals surface area contributed by atoms with Crippen molar-refractivity contribution in [3.63, 3.8) is 0 Å². The second-order valence-electron chi connectivity index (χ2n) is 5.01. The van der Waals surface area contributed by atoms with Crippen molar-refractivity contribution in [2.75, 3.05) is 19.6 Å². The van der Waals surface area contributed by atoms with Crippen molar-refractivity contribution in [2.45, 2.75) is 25.8 Å². The lowest BCUT2D eigenvalue weighted by Crippen LogP contribution is -2.47. The first-order valence-electron chi connectivity index (χ1n) is 6.88. The highest BCUT2D eigenvalue weighted by molar-refractivity contribution is 5.76. The van der Waals surface area contributed by atoms with Crippen LogP contribution in [0.2, 0.25) is 0 Å². The van der Waals surface area contributed by atoms with Gasteiger partial charge < -0.3 is 19.9 Å².